The molecule has 0 aromatic carbocycles. The molecule has 2 unspecified atom stereocenters. The molecule has 152 valence electrons. The Hall–Kier alpha value is -0.340. The maximum atomic E-state index is 5.95. The largest absolute Gasteiger partial charge is 0.350 e. The van der Waals surface area contributed by atoms with Crippen molar-refractivity contribution in [1.82, 2.24) is 0 Å². The number of rotatable bonds is 2. The second kappa shape index (κ2) is 6.87. The Kier molecular flexibility index (Phi) is 4.75. The Balaban J connectivity index is 1.39. The lowest BCUT2D eigenvalue weighted by Crippen LogP contribution is -2.54. The SMILES string of the molecule is CC=C[C@H]1CC[C@@H]2[C@@H]3CCC4CCC(C5OCCO5)C[C@]4(C)[C@H]3CC[C@@]21C. The van der Waals surface area contributed by atoms with Crippen LogP contribution in [0, 0.1) is 46.3 Å². The van der Waals surface area contributed by atoms with Gasteiger partial charge < -0.3 is 9.47 Å². The van der Waals surface area contributed by atoms with Gasteiger partial charge in [-0.25, -0.2) is 0 Å². The summed E-state index contributed by atoms with van der Waals surface area (Å²) < 4.78 is 11.9. The van der Waals surface area contributed by atoms with Gasteiger partial charge in [0, 0.05) is 5.92 Å². The van der Waals surface area contributed by atoms with E-state index >= 15 is 0 Å². The number of hydrogen-bond donors (Lipinski definition) is 0. The zero-order chi connectivity index (χ0) is 18.6. The van der Waals surface area contributed by atoms with Crippen LogP contribution in [0.1, 0.15) is 78.6 Å². The van der Waals surface area contributed by atoms with Gasteiger partial charge in [0.1, 0.15) is 0 Å². The molecule has 4 aliphatic carbocycles. The van der Waals surface area contributed by atoms with E-state index in [1.165, 1.54) is 57.8 Å². The van der Waals surface area contributed by atoms with E-state index in [1.54, 1.807) is 0 Å². The third-order valence-corrected chi connectivity index (χ3v) is 10.2. The van der Waals surface area contributed by atoms with Gasteiger partial charge >= 0.3 is 0 Å². The summed E-state index contributed by atoms with van der Waals surface area (Å²) in [5.41, 5.74) is 1.10. The van der Waals surface area contributed by atoms with Gasteiger partial charge in [0.05, 0.1) is 13.2 Å². The molecule has 5 fully saturated rings. The van der Waals surface area contributed by atoms with Gasteiger partial charge in [-0.3, -0.25) is 0 Å². The van der Waals surface area contributed by atoms with Crippen molar-refractivity contribution < 1.29 is 9.47 Å². The van der Waals surface area contributed by atoms with Gasteiger partial charge in [0.15, 0.2) is 6.29 Å². The summed E-state index contributed by atoms with van der Waals surface area (Å²) in [6.07, 6.45) is 17.9. The lowest BCUT2D eigenvalue weighted by atomic mass is 9.44. The Morgan fingerprint density at radius 1 is 0.815 bits per heavy atom. The predicted molar refractivity (Wildman–Crippen MR) is 109 cm³/mol. The first-order valence-electron chi connectivity index (χ1n) is 11.9. The smallest absolute Gasteiger partial charge is 0.160 e. The van der Waals surface area contributed by atoms with Crippen LogP contribution < -0.4 is 0 Å². The first kappa shape index (κ1) is 18.7. The Labute approximate surface area is 166 Å². The average Bonchev–Trinajstić information content (AvgIpc) is 3.30. The van der Waals surface area contributed by atoms with Crippen LogP contribution in [-0.4, -0.2) is 19.5 Å². The van der Waals surface area contributed by atoms with E-state index < -0.39 is 0 Å². The molecule has 1 saturated heterocycles. The minimum Gasteiger partial charge on any atom is -0.350 e. The van der Waals surface area contributed by atoms with Crippen molar-refractivity contribution in [3.63, 3.8) is 0 Å². The summed E-state index contributed by atoms with van der Waals surface area (Å²) in [4.78, 5) is 0. The van der Waals surface area contributed by atoms with Gasteiger partial charge in [-0.1, -0.05) is 26.0 Å². The first-order valence-corrected chi connectivity index (χ1v) is 11.9. The molecule has 4 saturated carbocycles. The normalized spacial score (nSPS) is 53.3. The lowest BCUT2D eigenvalue weighted by molar-refractivity contribution is -0.157. The average molecular weight is 373 g/mol. The molecule has 8 atom stereocenters. The van der Waals surface area contributed by atoms with Crippen LogP contribution in [0.4, 0.5) is 0 Å². The maximum absolute atomic E-state index is 5.95. The molecule has 0 bridgehead atoms. The van der Waals surface area contributed by atoms with Crippen LogP contribution in [0.5, 0.6) is 0 Å². The van der Waals surface area contributed by atoms with Crippen molar-refractivity contribution >= 4 is 0 Å². The molecule has 0 aromatic rings. The monoisotopic (exact) mass is 372 g/mol. The van der Waals surface area contributed by atoms with Gasteiger partial charge in [-0.15, -0.1) is 0 Å². The molecule has 0 spiro atoms. The van der Waals surface area contributed by atoms with E-state index in [-0.39, 0.29) is 6.29 Å². The summed E-state index contributed by atoms with van der Waals surface area (Å²) in [5, 5.41) is 0. The molecular weight excluding hydrogens is 332 g/mol. The molecule has 1 heterocycles. The molecule has 2 heteroatoms. The standard InChI is InChI=1S/C25H40O2/c1-4-5-18-9-11-21-20-10-8-19-7-6-17(23-26-14-15-27-23)16-25(19,3)22(20)12-13-24(18,21)2/h4-5,17-23H,6-16H2,1-3H3/t17?,18-,19?,20-,21+,22-,24+,25-/m0/s1. The van der Waals surface area contributed by atoms with Crippen LogP contribution >= 0.6 is 0 Å². The highest BCUT2D eigenvalue weighted by Crippen LogP contribution is 2.68. The second-order valence-corrected chi connectivity index (χ2v) is 11.1. The van der Waals surface area contributed by atoms with Crippen LogP contribution in [0.2, 0.25) is 0 Å². The fourth-order valence-electron chi connectivity index (χ4n) is 8.88. The van der Waals surface area contributed by atoms with E-state index in [1.807, 2.05) is 0 Å². The summed E-state index contributed by atoms with van der Waals surface area (Å²) in [7, 11) is 0. The molecule has 1 aliphatic heterocycles. The molecule has 0 radical (unpaired) electrons. The second-order valence-electron chi connectivity index (χ2n) is 11.1. The van der Waals surface area contributed by atoms with Crippen molar-refractivity contribution in [3.8, 4) is 0 Å². The number of allylic oxidation sites excluding steroid dienone is 2. The van der Waals surface area contributed by atoms with E-state index in [4.69, 9.17) is 9.47 Å². The third-order valence-electron chi connectivity index (χ3n) is 10.2. The van der Waals surface area contributed by atoms with E-state index in [0.29, 0.717) is 16.7 Å². The molecule has 27 heavy (non-hydrogen) atoms. The fourth-order valence-corrected chi connectivity index (χ4v) is 8.88. The van der Waals surface area contributed by atoms with E-state index in [2.05, 4.69) is 32.9 Å². The van der Waals surface area contributed by atoms with Crippen LogP contribution in [0.25, 0.3) is 0 Å². The lowest BCUT2D eigenvalue weighted by Gasteiger charge is -2.61. The van der Waals surface area contributed by atoms with Gasteiger partial charge in [-0.2, -0.15) is 0 Å². The van der Waals surface area contributed by atoms with Crippen LogP contribution in [-0.2, 0) is 9.47 Å². The molecule has 0 N–H and O–H groups in total. The minimum absolute atomic E-state index is 0.0996. The fraction of sp³-hybridized carbons (Fsp3) is 0.920. The number of ether oxygens (including phenoxy) is 2. The van der Waals surface area contributed by atoms with Crippen molar-refractivity contribution in [3.05, 3.63) is 12.2 Å². The topological polar surface area (TPSA) is 18.5 Å². The molecule has 5 aliphatic rings. The highest BCUT2D eigenvalue weighted by molar-refractivity contribution is 5.12. The first-order chi connectivity index (χ1) is 13.1. The summed E-state index contributed by atoms with van der Waals surface area (Å²) in [6, 6.07) is 0. The Bertz CT molecular complexity index is 579. The molecule has 0 amide bonds. The summed E-state index contributed by atoms with van der Waals surface area (Å²) in [6.45, 7) is 9.14. The van der Waals surface area contributed by atoms with Gasteiger partial charge in [-0.05, 0) is 105 Å². The van der Waals surface area contributed by atoms with E-state index in [9.17, 15) is 0 Å². The van der Waals surface area contributed by atoms with Gasteiger partial charge in [0.25, 0.3) is 0 Å². The Morgan fingerprint density at radius 3 is 2.33 bits per heavy atom. The molecule has 2 nitrogen and oxygen atoms in total. The molecule has 5 rings (SSSR count). The van der Waals surface area contributed by atoms with Crippen molar-refractivity contribution in [2.75, 3.05) is 13.2 Å². The van der Waals surface area contributed by atoms with Crippen molar-refractivity contribution in [2.24, 2.45) is 46.3 Å². The molecule has 0 aromatic heterocycles. The van der Waals surface area contributed by atoms with Crippen molar-refractivity contribution in [2.45, 2.75) is 84.8 Å². The quantitative estimate of drug-likeness (QED) is 0.536. The Morgan fingerprint density at radius 2 is 1.56 bits per heavy atom. The third kappa shape index (κ3) is 2.80. The van der Waals surface area contributed by atoms with E-state index in [0.717, 1.165) is 42.8 Å². The highest BCUT2D eigenvalue weighted by atomic mass is 16.7. The minimum atomic E-state index is 0.0996. The summed E-state index contributed by atoms with van der Waals surface area (Å²) in [5.74, 6) is 5.31. The zero-order valence-corrected chi connectivity index (χ0v) is 17.8. The molecular formula is C25H40O2. The number of hydrogen-bond acceptors (Lipinski definition) is 2. The zero-order valence-electron chi connectivity index (χ0n) is 17.8. The van der Waals surface area contributed by atoms with Gasteiger partial charge in [0.2, 0.25) is 0 Å². The van der Waals surface area contributed by atoms with Crippen molar-refractivity contribution in [1.29, 1.82) is 0 Å². The number of fused-ring (bicyclic) bond motifs is 5. The van der Waals surface area contributed by atoms with Crippen LogP contribution in [0.15, 0.2) is 12.2 Å². The predicted octanol–water partition coefficient (Wildman–Crippen LogP) is 6.21. The highest BCUT2D eigenvalue weighted by Gasteiger charge is 2.60. The summed E-state index contributed by atoms with van der Waals surface area (Å²) >= 11 is 0. The van der Waals surface area contributed by atoms with Crippen LogP contribution in [0.3, 0.4) is 0 Å². The maximum Gasteiger partial charge on any atom is 0.160 e.